The lowest BCUT2D eigenvalue weighted by Gasteiger charge is -2.32. The zero-order chi connectivity index (χ0) is 30.0. The number of carbonyl (C=O) groups excluding carboxylic acids is 3. The van der Waals surface area contributed by atoms with Crippen LogP contribution < -0.4 is 16.1 Å². The second-order valence-corrected chi connectivity index (χ2v) is 11.8. The highest BCUT2D eigenvalue weighted by Crippen LogP contribution is 2.26. The first-order chi connectivity index (χ1) is 19.5. The molecule has 3 aromatic carbocycles. The highest BCUT2D eigenvalue weighted by atomic mass is 16.5. The van der Waals surface area contributed by atoms with Crippen molar-refractivity contribution in [2.24, 2.45) is 11.3 Å². The predicted octanol–water partition coefficient (Wildman–Crippen LogP) is 5.90. The first-order valence-corrected chi connectivity index (χ1v) is 14.2. The highest BCUT2D eigenvalue weighted by Gasteiger charge is 2.35. The van der Waals surface area contributed by atoms with E-state index in [1.165, 1.54) is 16.7 Å². The normalized spacial score (nSPS) is 13.5. The lowest BCUT2D eigenvalue weighted by molar-refractivity contribution is -0.137. The van der Waals surface area contributed by atoms with Gasteiger partial charge in [-0.2, -0.15) is 0 Å². The van der Waals surface area contributed by atoms with Crippen molar-refractivity contribution in [2.45, 2.75) is 72.4 Å². The molecular formula is C34H43N3O4. The molecule has 0 aliphatic heterocycles. The summed E-state index contributed by atoms with van der Waals surface area (Å²) in [4.78, 5) is 38.9. The van der Waals surface area contributed by atoms with E-state index in [9.17, 15) is 14.4 Å². The minimum absolute atomic E-state index is 0.173. The van der Waals surface area contributed by atoms with Gasteiger partial charge in [0.15, 0.2) is 0 Å². The van der Waals surface area contributed by atoms with E-state index in [0.717, 1.165) is 17.5 Å². The number of nitrogens with one attached hydrogen (secondary N) is 3. The topological polar surface area (TPSA) is 108 Å². The van der Waals surface area contributed by atoms with Crippen LogP contribution in [0.3, 0.4) is 0 Å². The van der Waals surface area contributed by atoms with Crippen LogP contribution in [0.4, 0.5) is 0 Å². The molecule has 7 nitrogen and oxygen atoms in total. The first kappa shape index (κ1) is 31.6. The van der Waals surface area contributed by atoms with Gasteiger partial charge in [-0.1, -0.05) is 99.6 Å². The number of hydroxylamine groups is 1. The molecule has 0 unspecified atom stereocenters. The maximum absolute atomic E-state index is 13.5. The standard InChI is InChI=1S/C34H43N3O4/c1-23-21-25(19-20-29(23)27-16-10-7-11-17-27)13-12-18-28(22-30(38)37-41)32(39)36-31(34(3,4)5)33(40)35-24(2)26-14-8-6-9-15-26/h6-11,14-17,19-21,24,28,31,41H,12-13,18,22H2,1-5H3,(H,35,40)(H,36,39)(H,37,38)/t24-,28-,31-/m0/s1. The Morgan fingerprint density at radius 2 is 1.49 bits per heavy atom. The summed E-state index contributed by atoms with van der Waals surface area (Å²) in [6, 6.07) is 25.2. The molecular weight excluding hydrogens is 514 g/mol. The third-order valence-electron chi connectivity index (χ3n) is 7.39. The van der Waals surface area contributed by atoms with Crippen LogP contribution in [0, 0.1) is 18.3 Å². The largest absolute Gasteiger partial charge is 0.348 e. The third kappa shape index (κ3) is 9.29. The summed E-state index contributed by atoms with van der Waals surface area (Å²) in [5.74, 6) is -2.01. The second-order valence-electron chi connectivity index (χ2n) is 11.8. The molecule has 0 heterocycles. The summed E-state index contributed by atoms with van der Waals surface area (Å²) >= 11 is 0. The minimum atomic E-state index is -0.811. The van der Waals surface area contributed by atoms with E-state index in [1.807, 2.05) is 76.2 Å². The van der Waals surface area contributed by atoms with Gasteiger partial charge < -0.3 is 10.6 Å². The van der Waals surface area contributed by atoms with Gasteiger partial charge in [0.05, 0.1) is 6.04 Å². The molecule has 0 spiro atoms. The Labute approximate surface area is 243 Å². The summed E-state index contributed by atoms with van der Waals surface area (Å²) in [6.45, 7) is 9.66. The molecule has 0 aliphatic rings. The summed E-state index contributed by atoms with van der Waals surface area (Å²) in [6.07, 6.45) is 1.65. The SMILES string of the molecule is Cc1cc(CCC[C@@H](CC(=O)NO)C(=O)N[C@@H](C(=O)N[C@@H](C)c2ccccc2)C(C)(C)C)ccc1-c1ccccc1. The fraction of sp³-hybridized carbons (Fsp3) is 0.382. The maximum Gasteiger partial charge on any atom is 0.244 e. The van der Waals surface area contributed by atoms with Crippen LogP contribution in [-0.2, 0) is 20.8 Å². The quantitative estimate of drug-likeness (QED) is 0.164. The van der Waals surface area contributed by atoms with Crippen LogP contribution in [0.2, 0.25) is 0 Å². The molecule has 0 aromatic heterocycles. The van der Waals surface area contributed by atoms with Gasteiger partial charge in [-0.05, 0) is 66.3 Å². The molecule has 0 aliphatic carbocycles. The van der Waals surface area contributed by atoms with Gasteiger partial charge in [0.1, 0.15) is 6.04 Å². The molecule has 3 amide bonds. The molecule has 0 radical (unpaired) electrons. The van der Waals surface area contributed by atoms with Crippen molar-refractivity contribution in [1.29, 1.82) is 0 Å². The molecule has 41 heavy (non-hydrogen) atoms. The monoisotopic (exact) mass is 557 g/mol. The molecule has 3 rings (SSSR count). The Hall–Kier alpha value is -3.97. The zero-order valence-electron chi connectivity index (χ0n) is 24.7. The number of rotatable bonds is 12. The molecule has 3 aromatic rings. The van der Waals surface area contributed by atoms with Crippen LogP contribution in [-0.4, -0.2) is 29.0 Å². The maximum atomic E-state index is 13.5. The van der Waals surface area contributed by atoms with E-state index >= 15 is 0 Å². The van der Waals surface area contributed by atoms with E-state index < -0.39 is 23.3 Å². The van der Waals surface area contributed by atoms with Crippen LogP contribution in [0.5, 0.6) is 0 Å². The van der Waals surface area contributed by atoms with Gasteiger partial charge in [-0.3, -0.25) is 19.6 Å². The average molecular weight is 558 g/mol. The Kier molecular flexibility index (Phi) is 11.2. The fourth-order valence-electron chi connectivity index (χ4n) is 5.03. The molecule has 7 heteroatoms. The molecule has 0 saturated carbocycles. The number of aryl methyl sites for hydroxylation is 2. The van der Waals surface area contributed by atoms with Crippen molar-refractivity contribution in [2.75, 3.05) is 0 Å². The Bertz CT molecular complexity index is 1300. The number of amides is 3. The summed E-state index contributed by atoms with van der Waals surface area (Å²) < 4.78 is 0. The molecule has 218 valence electrons. The molecule has 3 atom stereocenters. The third-order valence-corrected chi connectivity index (χ3v) is 7.39. The van der Waals surface area contributed by atoms with E-state index in [-0.39, 0.29) is 24.3 Å². The zero-order valence-corrected chi connectivity index (χ0v) is 24.7. The van der Waals surface area contributed by atoms with Crippen molar-refractivity contribution < 1.29 is 19.6 Å². The van der Waals surface area contributed by atoms with Gasteiger partial charge in [0, 0.05) is 12.3 Å². The second kappa shape index (κ2) is 14.6. The minimum Gasteiger partial charge on any atom is -0.348 e. The molecule has 0 fully saturated rings. The van der Waals surface area contributed by atoms with Crippen molar-refractivity contribution in [1.82, 2.24) is 16.1 Å². The first-order valence-electron chi connectivity index (χ1n) is 14.2. The predicted molar refractivity (Wildman–Crippen MR) is 162 cm³/mol. The molecule has 4 N–H and O–H groups in total. The number of hydrogen-bond donors (Lipinski definition) is 4. The van der Waals surface area contributed by atoms with Gasteiger partial charge in [-0.15, -0.1) is 0 Å². The van der Waals surface area contributed by atoms with E-state index in [4.69, 9.17) is 5.21 Å². The smallest absolute Gasteiger partial charge is 0.244 e. The number of carbonyl (C=O) groups is 3. The lowest BCUT2D eigenvalue weighted by Crippen LogP contribution is -2.55. The number of benzene rings is 3. The molecule has 0 bridgehead atoms. The highest BCUT2D eigenvalue weighted by molar-refractivity contribution is 5.91. The van der Waals surface area contributed by atoms with Gasteiger partial charge in [0.25, 0.3) is 0 Å². The summed E-state index contributed by atoms with van der Waals surface area (Å²) in [7, 11) is 0. The molecule has 0 saturated heterocycles. The van der Waals surface area contributed by atoms with Gasteiger partial charge >= 0.3 is 0 Å². The Morgan fingerprint density at radius 3 is 2.07 bits per heavy atom. The van der Waals surface area contributed by atoms with E-state index in [1.54, 1.807) is 5.48 Å². The Balaban J connectivity index is 1.67. The average Bonchev–Trinajstić information content (AvgIpc) is 2.95. The van der Waals surface area contributed by atoms with Gasteiger partial charge in [-0.25, -0.2) is 5.48 Å². The Morgan fingerprint density at radius 1 is 0.854 bits per heavy atom. The van der Waals surface area contributed by atoms with Crippen molar-refractivity contribution in [3.63, 3.8) is 0 Å². The van der Waals surface area contributed by atoms with E-state index in [2.05, 4.69) is 47.9 Å². The van der Waals surface area contributed by atoms with Crippen LogP contribution in [0.25, 0.3) is 11.1 Å². The van der Waals surface area contributed by atoms with Crippen LogP contribution >= 0.6 is 0 Å². The summed E-state index contributed by atoms with van der Waals surface area (Å²) in [5, 5.41) is 15.1. The fourth-order valence-corrected chi connectivity index (χ4v) is 5.03. The van der Waals surface area contributed by atoms with Crippen molar-refractivity contribution >= 4 is 17.7 Å². The van der Waals surface area contributed by atoms with Crippen molar-refractivity contribution in [3.05, 3.63) is 95.6 Å². The van der Waals surface area contributed by atoms with Gasteiger partial charge in [0.2, 0.25) is 17.7 Å². The van der Waals surface area contributed by atoms with Crippen LogP contribution in [0.15, 0.2) is 78.9 Å². The van der Waals surface area contributed by atoms with Crippen molar-refractivity contribution in [3.8, 4) is 11.1 Å². The summed E-state index contributed by atoms with van der Waals surface area (Å²) in [5.41, 5.74) is 6.70. The van der Waals surface area contributed by atoms with E-state index in [0.29, 0.717) is 12.8 Å². The lowest BCUT2D eigenvalue weighted by atomic mass is 9.85. The number of hydrogen-bond acceptors (Lipinski definition) is 4. The van der Waals surface area contributed by atoms with Crippen LogP contribution in [0.1, 0.15) is 69.7 Å².